The molecule has 0 saturated heterocycles. The molecule has 1 rings (SSSR count). The molecular formula is C32H62O6. The quantitative estimate of drug-likeness (QED) is 0.198. The van der Waals surface area contributed by atoms with Crippen LogP contribution < -0.4 is 0 Å². The average molecular weight is 543 g/mol. The maximum atomic E-state index is 10.4. The van der Waals surface area contributed by atoms with Gasteiger partial charge in [0, 0.05) is 12.8 Å². The third-order valence-corrected chi connectivity index (χ3v) is 4.47. The lowest BCUT2D eigenvalue weighted by atomic mass is 10.1. The molecule has 0 fully saturated rings. The van der Waals surface area contributed by atoms with Gasteiger partial charge >= 0.3 is 0 Å². The summed E-state index contributed by atoms with van der Waals surface area (Å²) in [7, 11) is 0. The number of hydrogen-bond donors (Lipinski definition) is 4. The second-order valence-corrected chi connectivity index (χ2v) is 8.48. The highest BCUT2D eigenvalue weighted by atomic mass is 16.4. The number of rotatable bonds is 8. The number of carbonyl (C=O) groups is 1. The molecule has 38 heavy (non-hydrogen) atoms. The molecule has 0 aliphatic heterocycles. The van der Waals surface area contributed by atoms with Crippen molar-refractivity contribution >= 4 is 5.78 Å². The van der Waals surface area contributed by atoms with E-state index in [0.717, 1.165) is 24.4 Å². The minimum Gasteiger partial charge on any atom is -0.467 e. The summed E-state index contributed by atoms with van der Waals surface area (Å²) >= 11 is 0. The van der Waals surface area contributed by atoms with Crippen LogP contribution in [0.15, 0.2) is 53.0 Å². The van der Waals surface area contributed by atoms with E-state index in [0.29, 0.717) is 12.2 Å². The minimum atomic E-state index is -1.28. The molecule has 4 N–H and O–H groups in total. The van der Waals surface area contributed by atoms with Gasteiger partial charge in [-0.3, -0.25) is 4.79 Å². The molecule has 0 aliphatic rings. The molecule has 226 valence electrons. The van der Waals surface area contributed by atoms with Crippen LogP contribution in [-0.4, -0.2) is 50.6 Å². The number of aliphatic hydroxyl groups is 4. The van der Waals surface area contributed by atoms with Gasteiger partial charge in [-0.15, -0.1) is 0 Å². The molecule has 6 heteroatoms. The first-order chi connectivity index (χ1) is 17.8. The number of unbranched alkanes of at least 4 members (excludes halogenated alkanes) is 1. The van der Waals surface area contributed by atoms with Crippen LogP contribution in [0.5, 0.6) is 0 Å². The third-order valence-electron chi connectivity index (χ3n) is 4.47. The van der Waals surface area contributed by atoms with Gasteiger partial charge in [0.2, 0.25) is 0 Å². The van der Waals surface area contributed by atoms with Crippen LogP contribution in [0.2, 0.25) is 0 Å². The fourth-order valence-electron chi connectivity index (χ4n) is 1.81. The zero-order valence-corrected chi connectivity index (χ0v) is 26.6. The molecule has 0 aromatic carbocycles. The Morgan fingerprint density at radius 1 is 0.711 bits per heavy atom. The average Bonchev–Trinajstić information content (AvgIpc) is 3.29. The monoisotopic (exact) mass is 542 g/mol. The van der Waals surface area contributed by atoms with Gasteiger partial charge < -0.3 is 24.8 Å². The maximum Gasteiger partial charge on any atom is 0.132 e. The minimum absolute atomic E-state index is 0.377. The van der Waals surface area contributed by atoms with Crippen molar-refractivity contribution in [2.75, 3.05) is 0 Å². The Kier molecular flexibility index (Phi) is 44.9. The van der Waals surface area contributed by atoms with Gasteiger partial charge in [0.05, 0.1) is 12.2 Å². The molecule has 0 bridgehead atoms. The van der Waals surface area contributed by atoms with E-state index in [2.05, 4.69) is 13.8 Å². The number of furan rings is 1. The van der Waals surface area contributed by atoms with Crippen molar-refractivity contribution in [3.8, 4) is 0 Å². The van der Waals surface area contributed by atoms with Crippen LogP contribution in [0.4, 0.5) is 0 Å². The lowest BCUT2D eigenvalue weighted by Crippen LogP contribution is -2.41. The van der Waals surface area contributed by atoms with Gasteiger partial charge in [-0.25, -0.2) is 0 Å². The fourth-order valence-corrected chi connectivity index (χ4v) is 1.81. The molecule has 4 atom stereocenters. The summed E-state index contributed by atoms with van der Waals surface area (Å²) in [6, 6.07) is 3.91. The number of ketones is 1. The fraction of sp³-hybridized carbons (Fsp3) is 0.656. The molecule has 1 heterocycles. The van der Waals surface area contributed by atoms with Crippen LogP contribution in [0.1, 0.15) is 113 Å². The topological polar surface area (TPSA) is 111 Å². The number of Topliss-reactive ketones (excluding diaryl/α,β-unsaturated/α-hetero) is 1. The van der Waals surface area contributed by atoms with Gasteiger partial charge in [-0.05, 0) is 73.9 Å². The van der Waals surface area contributed by atoms with E-state index in [1.165, 1.54) is 26.7 Å². The molecule has 0 amide bonds. The highest BCUT2D eigenvalue weighted by Gasteiger charge is 2.24. The zero-order valence-electron chi connectivity index (χ0n) is 26.6. The summed E-state index contributed by atoms with van der Waals surface area (Å²) in [5, 5.41) is 35.2. The first-order valence-electron chi connectivity index (χ1n) is 13.9. The molecule has 0 saturated carbocycles. The van der Waals surface area contributed by atoms with Crippen molar-refractivity contribution in [3.05, 3.63) is 60.1 Å². The van der Waals surface area contributed by atoms with Crippen LogP contribution in [0.3, 0.4) is 0 Å². The van der Waals surface area contributed by atoms with Gasteiger partial charge in [-0.2, -0.15) is 0 Å². The predicted molar refractivity (Wildman–Crippen MR) is 164 cm³/mol. The molecule has 1 aromatic heterocycles. The van der Waals surface area contributed by atoms with Gasteiger partial charge in [0.1, 0.15) is 29.5 Å². The number of aryl methyl sites for hydroxylation is 2. The Bertz CT molecular complexity index is 612. The molecular weight excluding hydrogens is 480 g/mol. The summed E-state index contributed by atoms with van der Waals surface area (Å²) in [5.41, 5.74) is 0. The smallest absolute Gasteiger partial charge is 0.132 e. The van der Waals surface area contributed by atoms with E-state index in [4.69, 9.17) is 24.8 Å². The Morgan fingerprint density at radius 3 is 1.16 bits per heavy atom. The van der Waals surface area contributed by atoms with Crippen molar-refractivity contribution in [1.29, 1.82) is 0 Å². The second-order valence-electron chi connectivity index (χ2n) is 8.48. The third kappa shape index (κ3) is 44.0. The van der Waals surface area contributed by atoms with Crippen LogP contribution in [0, 0.1) is 13.8 Å². The molecule has 0 radical (unpaired) electrons. The Morgan fingerprint density at radius 2 is 1.05 bits per heavy atom. The molecule has 0 aliphatic carbocycles. The Balaban J connectivity index is -0.000000118. The zero-order chi connectivity index (χ0) is 30.9. The number of aliphatic hydroxyl groups excluding tert-OH is 4. The lowest BCUT2D eigenvalue weighted by molar-refractivity contribution is -0.118. The first kappa shape index (κ1) is 45.9. The van der Waals surface area contributed by atoms with Gasteiger partial charge in [0.25, 0.3) is 0 Å². The number of carbonyl (C=O) groups excluding carboxylic acids is 1. The highest BCUT2D eigenvalue weighted by Crippen LogP contribution is 2.03. The Hall–Kier alpha value is -1.99. The van der Waals surface area contributed by atoms with Crippen molar-refractivity contribution < 1.29 is 29.6 Å². The SMILES string of the molecule is CC(O)C(O)C(O)C(C)O.CC=CC.CC=CC=CC.CCCC.CCCC(=O)CC.Cc1ccc(C)o1. The molecule has 6 nitrogen and oxygen atoms in total. The number of allylic oxidation sites excluding steroid dienone is 6. The van der Waals surface area contributed by atoms with Gasteiger partial charge in [0.15, 0.2) is 0 Å². The second kappa shape index (κ2) is 37.2. The van der Waals surface area contributed by atoms with E-state index in [9.17, 15) is 4.79 Å². The largest absolute Gasteiger partial charge is 0.467 e. The summed E-state index contributed by atoms with van der Waals surface area (Å²) in [4.78, 5) is 10.4. The molecule has 4 unspecified atom stereocenters. The van der Waals surface area contributed by atoms with Gasteiger partial charge in [-0.1, -0.05) is 77.0 Å². The van der Waals surface area contributed by atoms with Crippen LogP contribution >= 0.6 is 0 Å². The van der Waals surface area contributed by atoms with Crippen molar-refractivity contribution in [1.82, 2.24) is 0 Å². The highest BCUT2D eigenvalue weighted by molar-refractivity contribution is 5.77. The summed E-state index contributed by atoms with van der Waals surface area (Å²) in [6.07, 6.45) is 12.5. The van der Waals surface area contributed by atoms with Crippen LogP contribution in [0.25, 0.3) is 0 Å². The van der Waals surface area contributed by atoms with Crippen molar-refractivity contribution in [2.45, 2.75) is 140 Å². The van der Waals surface area contributed by atoms with E-state index < -0.39 is 24.4 Å². The summed E-state index contributed by atoms with van der Waals surface area (Å²) in [5.74, 6) is 2.34. The normalized spacial score (nSPS) is 13.2. The van der Waals surface area contributed by atoms with Crippen molar-refractivity contribution in [2.24, 2.45) is 0 Å². The molecule has 0 spiro atoms. The van der Waals surface area contributed by atoms with E-state index in [1.54, 1.807) is 0 Å². The standard InChI is InChI=1S/C6H14O4.C6H8O.C6H12O.C6H10.C4H10.C4H8/c1-3(7)5(9)6(10)4(2)8;1-5-3-4-6(2)7-5;1-3-5-6(7)4-2;1-3-5-6-4-2;2*1-3-4-2/h3-10H,1-2H3;3-4H,1-2H3;3-5H2,1-2H3;3-6H,1-2H3;3-4H2,1-2H3;3-4H,1-2H3. The summed E-state index contributed by atoms with van der Waals surface area (Å²) < 4.78 is 5.08. The number of hydrogen-bond acceptors (Lipinski definition) is 6. The van der Waals surface area contributed by atoms with Crippen molar-refractivity contribution in [3.63, 3.8) is 0 Å². The molecule has 1 aromatic rings. The van der Waals surface area contributed by atoms with E-state index in [1.807, 2.05) is 104 Å². The van der Waals surface area contributed by atoms with E-state index in [-0.39, 0.29) is 0 Å². The maximum absolute atomic E-state index is 10.4. The van der Waals surface area contributed by atoms with Crippen LogP contribution in [-0.2, 0) is 4.79 Å². The predicted octanol–water partition coefficient (Wildman–Crippen LogP) is 7.66. The first-order valence-corrected chi connectivity index (χ1v) is 13.9. The summed E-state index contributed by atoms with van der Waals surface area (Å²) in [6.45, 7) is 22.8. The Labute approximate surface area is 235 Å². The van der Waals surface area contributed by atoms with E-state index >= 15 is 0 Å². The lowest BCUT2D eigenvalue weighted by Gasteiger charge is -2.21.